The zero-order valence-electron chi connectivity index (χ0n) is 12.0. The van der Waals surface area contributed by atoms with Crippen LogP contribution in [0.2, 0.25) is 0 Å². The van der Waals surface area contributed by atoms with Crippen molar-refractivity contribution < 1.29 is 14.2 Å². The first kappa shape index (κ1) is 14.3. The van der Waals surface area contributed by atoms with Crippen LogP contribution in [0.3, 0.4) is 0 Å². The Morgan fingerprint density at radius 1 is 0.700 bits per heavy atom. The number of aryl methyl sites for hydroxylation is 1. The molecule has 2 aromatic rings. The Bertz CT molecular complexity index is 537. The van der Waals surface area contributed by atoms with Gasteiger partial charge in [-0.2, -0.15) is 0 Å². The SMILES string of the molecule is CCOc1ccccc1OCCOc1ccccc1C. The molecule has 0 fully saturated rings. The molecule has 0 saturated heterocycles. The summed E-state index contributed by atoms with van der Waals surface area (Å²) in [5.74, 6) is 2.42. The molecule has 106 valence electrons. The van der Waals surface area contributed by atoms with Crippen LogP contribution in [-0.4, -0.2) is 19.8 Å². The lowest BCUT2D eigenvalue weighted by Crippen LogP contribution is -2.10. The molecule has 0 heterocycles. The zero-order valence-corrected chi connectivity index (χ0v) is 12.0. The van der Waals surface area contributed by atoms with Gasteiger partial charge in [-0.3, -0.25) is 0 Å². The maximum Gasteiger partial charge on any atom is 0.161 e. The molecule has 3 nitrogen and oxygen atoms in total. The number of ether oxygens (including phenoxy) is 3. The summed E-state index contributed by atoms with van der Waals surface area (Å²) in [6, 6.07) is 15.6. The van der Waals surface area contributed by atoms with Crippen LogP contribution < -0.4 is 14.2 Å². The van der Waals surface area contributed by atoms with E-state index in [1.165, 1.54) is 0 Å². The van der Waals surface area contributed by atoms with E-state index in [1.54, 1.807) is 0 Å². The van der Waals surface area contributed by atoms with Crippen molar-refractivity contribution >= 4 is 0 Å². The van der Waals surface area contributed by atoms with Crippen molar-refractivity contribution in [2.45, 2.75) is 13.8 Å². The highest BCUT2D eigenvalue weighted by Crippen LogP contribution is 2.26. The molecule has 0 N–H and O–H groups in total. The van der Waals surface area contributed by atoms with Crippen molar-refractivity contribution in [3.63, 3.8) is 0 Å². The molecular formula is C17H20O3. The largest absolute Gasteiger partial charge is 0.490 e. The third-order valence-electron chi connectivity index (χ3n) is 2.84. The molecule has 0 amide bonds. The minimum Gasteiger partial charge on any atom is -0.490 e. The van der Waals surface area contributed by atoms with Crippen LogP contribution in [0, 0.1) is 6.92 Å². The van der Waals surface area contributed by atoms with Crippen LogP contribution in [0.25, 0.3) is 0 Å². The summed E-state index contributed by atoms with van der Waals surface area (Å²) in [6.07, 6.45) is 0. The van der Waals surface area contributed by atoms with Gasteiger partial charge in [0, 0.05) is 0 Å². The fourth-order valence-electron chi connectivity index (χ4n) is 1.87. The molecule has 0 aromatic heterocycles. The van der Waals surface area contributed by atoms with Crippen molar-refractivity contribution in [2.24, 2.45) is 0 Å². The second kappa shape index (κ2) is 7.43. The first-order chi connectivity index (χ1) is 9.81. The average Bonchev–Trinajstić information content (AvgIpc) is 2.47. The van der Waals surface area contributed by atoms with Gasteiger partial charge in [0.15, 0.2) is 11.5 Å². The van der Waals surface area contributed by atoms with E-state index in [0.717, 1.165) is 22.8 Å². The van der Waals surface area contributed by atoms with Crippen molar-refractivity contribution in [3.8, 4) is 17.2 Å². The van der Waals surface area contributed by atoms with Crippen LogP contribution in [0.1, 0.15) is 12.5 Å². The Balaban J connectivity index is 1.83. The van der Waals surface area contributed by atoms with E-state index in [-0.39, 0.29) is 0 Å². The minimum atomic E-state index is 0.485. The molecule has 0 saturated carbocycles. The normalized spacial score (nSPS) is 10.1. The van der Waals surface area contributed by atoms with Crippen molar-refractivity contribution in [3.05, 3.63) is 54.1 Å². The number of hydrogen-bond donors (Lipinski definition) is 0. The van der Waals surface area contributed by atoms with Crippen LogP contribution >= 0.6 is 0 Å². The molecule has 0 aliphatic carbocycles. The van der Waals surface area contributed by atoms with E-state index in [4.69, 9.17) is 14.2 Å². The lowest BCUT2D eigenvalue weighted by atomic mass is 10.2. The Kier molecular flexibility index (Phi) is 5.30. The molecule has 0 atom stereocenters. The monoisotopic (exact) mass is 272 g/mol. The van der Waals surface area contributed by atoms with Gasteiger partial charge in [-0.1, -0.05) is 30.3 Å². The summed E-state index contributed by atoms with van der Waals surface area (Å²) in [5.41, 5.74) is 1.13. The first-order valence-electron chi connectivity index (χ1n) is 6.84. The molecular weight excluding hydrogens is 252 g/mol. The summed E-state index contributed by atoms with van der Waals surface area (Å²) < 4.78 is 16.9. The van der Waals surface area contributed by atoms with Gasteiger partial charge >= 0.3 is 0 Å². The maximum atomic E-state index is 5.70. The lowest BCUT2D eigenvalue weighted by Gasteiger charge is -2.12. The standard InChI is InChI=1S/C17H20O3/c1-3-18-16-10-6-7-11-17(16)20-13-12-19-15-9-5-4-8-14(15)2/h4-11H,3,12-13H2,1-2H3. The predicted molar refractivity (Wildman–Crippen MR) is 79.8 cm³/mol. The van der Waals surface area contributed by atoms with Gasteiger partial charge in [-0.25, -0.2) is 0 Å². The zero-order chi connectivity index (χ0) is 14.2. The summed E-state index contributed by atoms with van der Waals surface area (Å²) in [4.78, 5) is 0. The van der Waals surface area contributed by atoms with Gasteiger partial charge in [0.2, 0.25) is 0 Å². The molecule has 0 bridgehead atoms. The highest BCUT2D eigenvalue weighted by Gasteiger charge is 2.03. The van der Waals surface area contributed by atoms with Crippen LogP contribution in [-0.2, 0) is 0 Å². The third-order valence-corrected chi connectivity index (χ3v) is 2.84. The number of para-hydroxylation sites is 3. The molecule has 2 aromatic carbocycles. The molecule has 20 heavy (non-hydrogen) atoms. The quantitative estimate of drug-likeness (QED) is 0.716. The van der Waals surface area contributed by atoms with Crippen molar-refractivity contribution in [1.29, 1.82) is 0 Å². The average molecular weight is 272 g/mol. The highest BCUT2D eigenvalue weighted by atomic mass is 16.5. The smallest absolute Gasteiger partial charge is 0.161 e. The summed E-state index contributed by atoms with van der Waals surface area (Å²) in [5, 5.41) is 0. The summed E-state index contributed by atoms with van der Waals surface area (Å²) >= 11 is 0. The van der Waals surface area contributed by atoms with Crippen molar-refractivity contribution in [1.82, 2.24) is 0 Å². The second-order valence-electron chi connectivity index (χ2n) is 4.34. The molecule has 0 radical (unpaired) electrons. The fourth-order valence-corrected chi connectivity index (χ4v) is 1.87. The third kappa shape index (κ3) is 3.92. The van der Waals surface area contributed by atoms with E-state index in [1.807, 2.05) is 62.4 Å². The molecule has 3 heteroatoms. The van der Waals surface area contributed by atoms with Gasteiger partial charge in [-0.05, 0) is 37.6 Å². The van der Waals surface area contributed by atoms with E-state index >= 15 is 0 Å². The predicted octanol–water partition coefficient (Wildman–Crippen LogP) is 3.85. The van der Waals surface area contributed by atoms with Crippen LogP contribution in [0.5, 0.6) is 17.2 Å². The topological polar surface area (TPSA) is 27.7 Å². The summed E-state index contributed by atoms with van der Waals surface area (Å²) in [6.45, 7) is 5.60. The van der Waals surface area contributed by atoms with Crippen molar-refractivity contribution in [2.75, 3.05) is 19.8 Å². The van der Waals surface area contributed by atoms with E-state index < -0.39 is 0 Å². The molecule has 0 aliphatic heterocycles. The number of benzene rings is 2. The fraction of sp³-hybridized carbons (Fsp3) is 0.294. The van der Waals surface area contributed by atoms with Crippen LogP contribution in [0.15, 0.2) is 48.5 Å². The maximum absolute atomic E-state index is 5.70. The first-order valence-corrected chi connectivity index (χ1v) is 6.84. The van der Waals surface area contributed by atoms with Gasteiger partial charge in [0.1, 0.15) is 19.0 Å². The van der Waals surface area contributed by atoms with Gasteiger partial charge < -0.3 is 14.2 Å². The highest BCUT2D eigenvalue weighted by molar-refractivity contribution is 5.39. The van der Waals surface area contributed by atoms with E-state index in [0.29, 0.717) is 19.8 Å². The Labute approximate surface area is 120 Å². The number of rotatable bonds is 7. The second-order valence-corrected chi connectivity index (χ2v) is 4.34. The van der Waals surface area contributed by atoms with Gasteiger partial charge in [0.05, 0.1) is 6.61 Å². The minimum absolute atomic E-state index is 0.485. The molecule has 2 rings (SSSR count). The molecule has 0 spiro atoms. The summed E-state index contributed by atoms with van der Waals surface area (Å²) in [7, 11) is 0. The Morgan fingerprint density at radius 2 is 1.20 bits per heavy atom. The van der Waals surface area contributed by atoms with E-state index in [2.05, 4.69) is 0 Å². The van der Waals surface area contributed by atoms with Gasteiger partial charge in [0.25, 0.3) is 0 Å². The Morgan fingerprint density at radius 3 is 1.80 bits per heavy atom. The van der Waals surface area contributed by atoms with Gasteiger partial charge in [-0.15, -0.1) is 0 Å². The lowest BCUT2D eigenvalue weighted by molar-refractivity contribution is 0.207. The molecule has 0 unspecified atom stereocenters. The number of hydrogen-bond acceptors (Lipinski definition) is 3. The molecule has 0 aliphatic rings. The van der Waals surface area contributed by atoms with E-state index in [9.17, 15) is 0 Å². The Hall–Kier alpha value is -2.16. The van der Waals surface area contributed by atoms with Crippen LogP contribution in [0.4, 0.5) is 0 Å².